The molecule has 0 bridgehead atoms. The van der Waals surface area contributed by atoms with Crippen LogP contribution in [0.3, 0.4) is 0 Å². The Morgan fingerprint density at radius 1 is 1.26 bits per heavy atom. The lowest BCUT2D eigenvalue weighted by molar-refractivity contribution is 0.0953. The second-order valence-corrected chi connectivity index (χ2v) is 5.86. The van der Waals surface area contributed by atoms with Crippen LogP contribution >= 0.6 is 0 Å². The number of carbonyl (C=O) groups is 1. The SMILES string of the molecule is C/C=C/CCNC(=O)c1cc(C)n(C(C)c2ccccc2)c1C. The number of hydrogen-bond acceptors (Lipinski definition) is 1. The zero-order valence-corrected chi connectivity index (χ0v) is 14.5. The molecule has 0 aliphatic carbocycles. The van der Waals surface area contributed by atoms with Crippen LogP contribution in [0, 0.1) is 13.8 Å². The molecular formula is C20H26N2O. The number of allylic oxidation sites excluding steroid dienone is 1. The molecule has 1 unspecified atom stereocenters. The minimum Gasteiger partial charge on any atom is -0.352 e. The van der Waals surface area contributed by atoms with Gasteiger partial charge >= 0.3 is 0 Å². The fourth-order valence-electron chi connectivity index (χ4n) is 3.01. The van der Waals surface area contributed by atoms with Crippen molar-refractivity contribution in [2.45, 2.75) is 40.2 Å². The summed E-state index contributed by atoms with van der Waals surface area (Å²) in [5.41, 5.74) is 4.14. The summed E-state index contributed by atoms with van der Waals surface area (Å²) in [4.78, 5) is 12.4. The molecule has 1 N–H and O–H groups in total. The first kappa shape index (κ1) is 17.1. The Bertz CT molecular complexity index is 683. The van der Waals surface area contributed by atoms with E-state index in [4.69, 9.17) is 0 Å². The van der Waals surface area contributed by atoms with E-state index in [0.717, 1.165) is 23.4 Å². The van der Waals surface area contributed by atoms with Crippen LogP contribution in [0.25, 0.3) is 0 Å². The first-order valence-electron chi connectivity index (χ1n) is 8.19. The zero-order valence-electron chi connectivity index (χ0n) is 14.5. The van der Waals surface area contributed by atoms with Gasteiger partial charge in [0.2, 0.25) is 0 Å². The highest BCUT2D eigenvalue weighted by Crippen LogP contribution is 2.25. The van der Waals surface area contributed by atoms with E-state index in [-0.39, 0.29) is 11.9 Å². The molecule has 0 aliphatic heterocycles. The van der Waals surface area contributed by atoms with Gasteiger partial charge < -0.3 is 9.88 Å². The molecule has 0 saturated heterocycles. The number of hydrogen-bond donors (Lipinski definition) is 1. The highest BCUT2D eigenvalue weighted by Gasteiger charge is 2.19. The predicted octanol–water partition coefficient (Wildman–Crippen LogP) is 4.41. The molecule has 0 aliphatic rings. The maximum Gasteiger partial charge on any atom is 0.253 e. The molecule has 1 heterocycles. The van der Waals surface area contributed by atoms with Crippen molar-refractivity contribution in [3.63, 3.8) is 0 Å². The summed E-state index contributed by atoms with van der Waals surface area (Å²) in [6.07, 6.45) is 4.92. The van der Waals surface area contributed by atoms with Crippen LogP contribution in [0.4, 0.5) is 0 Å². The van der Waals surface area contributed by atoms with Crippen LogP contribution in [0.1, 0.15) is 53.6 Å². The highest BCUT2D eigenvalue weighted by atomic mass is 16.1. The molecule has 122 valence electrons. The molecule has 0 spiro atoms. The molecule has 2 rings (SSSR count). The Balaban J connectivity index is 2.20. The lowest BCUT2D eigenvalue weighted by Crippen LogP contribution is -2.24. The minimum atomic E-state index is 0.00844. The number of carbonyl (C=O) groups excluding carboxylic acids is 1. The third kappa shape index (κ3) is 3.92. The normalized spacial score (nSPS) is 12.5. The second-order valence-electron chi connectivity index (χ2n) is 5.86. The van der Waals surface area contributed by atoms with E-state index in [1.54, 1.807) is 0 Å². The highest BCUT2D eigenvalue weighted by molar-refractivity contribution is 5.95. The first-order valence-corrected chi connectivity index (χ1v) is 8.19. The molecule has 1 atom stereocenters. The Morgan fingerprint density at radius 3 is 2.61 bits per heavy atom. The van der Waals surface area contributed by atoms with Gasteiger partial charge in [-0.15, -0.1) is 0 Å². The lowest BCUT2D eigenvalue weighted by Gasteiger charge is -2.19. The molecule has 1 aromatic heterocycles. The Morgan fingerprint density at radius 2 is 1.96 bits per heavy atom. The standard InChI is InChI=1S/C20H26N2O/c1-5-6-10-13-21-20(23)19-14-15(2)22(17(19)4)16(3)18-11-8-7-9-12-18/h5-9,11-12,14,16H,10,13H2,1-4H3,(H,21,23)/b6-5+. The van der Waals surface area contributed by atoms with Crippen molar-refractivity contribution >= 4 is 5.91 Å². The van der Waals surface area contributed by atoms with Crippen LogP contribution in [0.15, 0.2) is 48.6 Å². The second kappa shape index (κ2) is 7.82. The van der Waals surface area contributed by atoms with Gasteiger partial charge in [0.25, 0.3) is 5.91 Å². The van der Waals surface area contributed by atoms with Gasteiger partial charge in [0.05, 0.1) is 11.6 Å². The molecule has 0 radical (unpaired) electrons. The number of nitrogens with zero attached hydrogens (tertiary/aromatic N) is 1. The van der Waals surface area contributed by atoms with Crippen molar-refractivity contribution in [3.8, 4) is 0 Å². The van der Waals surface area contributed by atoms with Crippen LogP contribution in [0.5, 0.6) is 0 Å². The van der Waals surface area contributed by atoms with Crippen molar-refractivity contribution in [3.05, 3.63) is 71.1 Å². The van der Waals surface area contributed by atoms with E-state index >= 15 is 0 Å². The van der Waals surface area contributed by atoms with Crippen molar-refractivity contribution < 1.29 is 4.79 Å². The molecule has 2 aromatic rings. The minimum absolute atomic E-state index is 0.00844. The smallest absolute Gasteiger partial charge is 0.253 e. The van der Waals surface area contributed by atoms with Gasteiger partial charge in [0.1, 0.15) is 0 Å². The molecule has 3 heteroatoms. The van der Waals surface area contributed by atoms with Gasteiger partial charge in [-0.25, -0.2) is 0 Å². The topological polar surface area (TPSA) is 34.0 Å². The monoisotopic (exact) mass is 310 g/mol. The van der Waals surface area contributed by atoms with Gasteiger partial charge in [-0.05, 0) is 45.7 Å². The third-order valence-corrected chi connectivity index (χ3v) is 4.23. The lowest BCUT2D eigenvalue weighted by atomic mass is 10.1. The number of benzene rings is 1. The van der Waals surface area contributed by atoms with E-state index in [0.29, 0.717) is 6.54 Å². The summed E-state index contributed by atoms with van der Waals surface area (Å²) < 4.78 is 2.23. The summed E-state index contributed by atoms with van der Waals surface area (Å²) in [7, 11) is 0. The third-order valence-electron chi connectivity index (χ3n) is 4.23. The molecule has 1 amide bonds. The predicted molar refractivity (Wildman–Crippen MR) is 95.9 cm³/mol. The van der Waals surface area contributed by atoms with E-state index in [9.17, 15) is 4.79 Å². The first-order chi connectivity index (χ1) is 11.1. The van der Waals surface area contributed by atoms with Crippen molar-refractivity contribution in [1.29, 1.82) is 0 Å². The maximum atomic E-state index is 12.4. The van der Waals surface area contributed by atoms with Gasteiger partial charge in [-0.1, -0.05) is 42.5 Å². The van der Waals surface area contributed by atoms with Gasteiger partial charge in [-0.2, -0.15) is 0 Å². The number of aromatic nitrogens is 1. The molecule has 1 aromatic carbocycles. The Hall–Kier alpha value is -2.29. The van der Waals surface area contributed by atoms with E-state index in [2.05, 4.69) is 54.1 Å². The number of nitrogens with one attached hydrogen (secondary N) is 1. The van der Waals surface area contributed by atoms with Crippen molar-refractivity contribution in [2.75, 3.05) is 6.54 Å². The largest absolute Gasteiger partial charge is 0.352 e. The molecule has 23 heavy (non-hydrogen) atoms. The van der Waals surface area contributed by atoms with E-state index < -0.39 is 0 Å². The molecule has 0 saturated carbocycles. The number of amides is 1. The van der Waals surface area contributed by atoms with Gasteiger partial charge in [-0.3, -0.25) is 4.79 Å². The Labute approximate surface area is 139 Å². The number of rotatable bonds is 6. The Kier molecular flexibility index (Phi) is 5.80. The summed E-state index contributed by atoms with van der Waals surface area (Å²) in [5, 5.41) is 2.99. The maximum absolute atomic E-state index is 12.4. The van der Waals surface area contributed by atoms with E-state index in [1.807, 2.05) is 32.1 Å². The molecular weight excluding hydrogens is 284 g/mol. The van der Waals surface area contributed by atoms with Crippen molar-refractivity contribution in [2.24, 2.45) is 0 Å². The quantitative estimate of drug-likeness (QED) is 0.622. The van der Waals surface area contributed by atoms with Crippen LogP contribution < -0.4 is 5.32 Å². The van der Waals surface area contributed by atoms with Crippen LogP contribution in [-0.2, 0) is 0 Å². The molecule has 3 nitrogen and oxygen atoms in total. The van der Waals surface area contributed by atoms with Crippen molar-refractivity contribution in [1.82, 2.24) is 9.88 Å². The fraction of sp³-hybridized carbons (Fsp3) is 0.350. The summed E-state index contributed by atoms with van der Waals surface area (Å²) in [6, 6.07) is 12.6. The molecule has 0 fully saturated rings. The summed E-state index contributed by atoms with van der Waals surface area (Å²) >= 11 is 0. The van der Waals surface area contributed by atoms with Gasteiger partial charge in [0, 0.05) is 17.9 Å². The average molecular weight is 310 g/mol. The zero-order chi connectivity index (χ0) is 16.8. The van der Waals surface area contributed by atoms with Gasteiger partial charge in [0.15, 0.2) is 0 Å². The summed E-state index contributed by atoms with van der Waals surface area (Å²) in [5.74, 6) is 0.00844. The van der Waals surface area contributed by atoms with Crippen LogP contribution in [-0.4, -0.2) is 17.0 Å². The fourth-order valence-corrected chi connectivity index (χ4v) is 3.01. The van der Waals surface area contributed by atoms with E-state index in [1.165, 1.54) is 5.56 Å². The number of aryl methyl sites for hydroxylation is 1. The average Bonchev–Trinajstić information content (AvgIpc) is 2.86. The summed E-state index contributed by atoms with van der Waals surface area (Å²) in [6.45, 7) is 8.90. The van der Waals surface area contributed by atoms with Crippen LogP contribution in [0.2, 0.25) is 0 Å².